The molecule has 1 amide bonds. The molecule has 0 unspecified atom stereocenters. The Balaban J connectivity index is 1.48. The van der Waals surface area contributed by atoms with E-state index in [0.29, 0.717) is 6.42 Å². The van der Waals surface area contributed by atoms with Crippen LogP contribution < -0.4 is 0 Å². The summed E-state index contributed by atoms with van der Waals surface area (Å²) < 4.78 is 32.9. The molecule has 0 spiro atoms. The summed E-state index contributed by atoms with van der Waals surface area (Å²) in [6.45, 7) is 6.52. The predicted octanol–water partition coefficient (Wildman–Crippen LogP) is 5.21. The number of sulfone groups is 1. The fourth-order valence-corrected chi connectivity index (χ4v) is 7.74. The van der Waals surface area contributed by atoms with Crippen molar-refractivity contribution in [1.29, 1.82) is 0 Å². The third kappa shape index (κ3) is 4.23. The smallest absolute Gasteiger partial charge is 0.411 e. The van der Waals surface area contributed by atoms with E-state index in [1.54, 1.807) is 4.90 Å². The molecule has 3 atom stereocenters. The molecule has 3 aliphatic rings. The first-order valence-corrected chi connectivity index (χ1v) is 14.2. The lowest BCUT2D eigenvalue weighted by Crippen LogP contribution is -2.54. The zero-order valence-corrected chi connectivity index (χ0v) is 21.7. The number of benzene rings is 2. The molecule has 176 valence electrons. The molecule has 5 nitrogen and oxygen atoms in total. The van der Waals surface area contributed by atoms with E-state index >= 15 is 0 Å². The number of hydrogen-bond acceptors (Lipinski definition) is 4. The number of fused-ring (bicyclic) bond motifs is 1. The number of ether oxygens (including phenoxy) is 1. The highest BCUT2D eigenvalue weighted by Crippen LogP contribution is 2.55. The SMILES string of the molecule is CC(C)(C)c1cccc(C2(N3C(=O)O[C@@H]4[C@H](Cc5ccc(Br)cc5)CS(=O)(=O)C[C@@H]43)CC2)c1. The number of hydrogen-bond donors (Lipinski definition) is 0. The van der Waals surface area contributed by atoms with Crippen molar-refractivity contribution in [2.24, 2.45) is 5.92 Å². The lowest BCUT2D eigenvalue weighted by molar-refractivity contribution is 0.0970. The highest BCUT2D eigenvalue weighted by Gasteiger charge is 2.62. The lowest BCUT2D eigenvalue weighted by atomic mass is 9.84. The van der Waals surface area contributed by atoms with Gasteiger partial charge in [-0.25, -0.2) is 13.2 Å². The van der Waals surface area contributed by atoms with Gasteiger partial charge in [-0.2, -0.15) is 0 Å². The Morgan fingerprint density at radius 3 is 2.42 bits per heavy atom. The van der Waals surface area contributed by atoms with Crippen LogP contribution in [0.25, 0.3) is 0 Å². The Morgan fingerprint density at radius 2 is 1.79 bits per heavy atom. The molecule has 2 aromatic carbocycles. The number of nitrogens with zero attached hydrogens (tertiary/aromatic N) is 1. The third-order valence-corrected chi connectivity index (χ3v) is 9.68. The Hall–Kier alpha value is -1.86. The van der Waals surface area contributed by atoms with Gasteiger partial charge >= 0.3 is 6.09 Å². The maximum atomic E-state index is 13.2. The van der Waals surface area contributed by atoms with E-state index in [4.69, 9.17) is 4.74 Å². The van der Waals surface area contributed by atoms with Gasteiger partial charge in [-0.1, -0.05) is 73.1 Å². The molecule has 3 fully saturated rings. The maximum Gasteiger partial charge on any atom is 0.411 e. The summed E-state index contributed by atoms with van der Waals surface area (Å²) in [7, 11) is -3.30. The standard InChI is InChI=1S/C26H30BrNO4S/c1-25(2,3)19-5-4-6-20(14-19)26(11-12-26)28-22-16-33(30,31)15-18(23(22)32-24(28)29)13-17-7-9-21(27)10-8-17/h4-10,14,18,22-23H,11-13,15-16H2,1-3H3/t18-,22+,23-/m1/s1. The molecule has 2 aromatic rings. The van der Waals surface area contributed by atoms with Crippen LogP contribution in [0.5, 0.6) is 0 Å². The molecular weight excluding hydrogens is 502 g/mol. The summed E-state index contributed by atoms with van der Waals surface area (Å²) in [6.07, 6.45) is 1.45. The fourth-order valence-electron chi connectivity index (χ4n) is 5.52. The van der Waals surface area contributed by atoms with E-state index in [0.717, 1.165) is 28.4 Å². The molecule has 1 aliphatic carbocycles. The second-order valence-corrected chi connectivity index (χ2v) is 13.9. The molecular formula is C26H30BrNO4S. The van der Waals surface area contributed by atoms with Gasteiger partial charge in [0.25, 0.3) is 0 Å². The second kappa shape index (κ2) is 7.84. The van der Waals surface area contributed by atoms with Crippen LogP contribution >= 0.6 is 15.9 Å². The molecule has 0 aromatic heterocycles. The normalized spacial score (nSPS) is 27.7. The Labute approximate surface area is 204 Å². The van der Waals surface area contributed by atoms with Crippen LogP contribution in [0.4, 0.5) is 4.79 Å². The Kier molecular flexibility index (Phi) is 5.44. The van der Waals surface area contributed by atoms with E-state index in [2.05, 4.69) is 54.9 Å². The van der Waals surface area contributed by atoms with E-state index in [9.17, 15) is 13.2 Å². The molecule has 0 bridgehead atoms. The van der Waals surface area contributed by atoms with Crippen LogP contribution in [0.1, 0.15) is 50.3 Å². The molecule has 1 saturated carbocycles. The van der Waals surface area contributed by atoms with Crippen LogP contribution in [0.15, 0.2) is 53.0 Å². The molecule has 0 radical (unpaired) electrons. The molecule has 2 aliphatic heterocycles. The largest absolute Gasteiger partial charge is 0.443 e. The Morgan fingerprint density at radius 1 is 1.09 bits per heavy atom. The minimum Gasteiger partial charge on any atom is -0.443 e. The van der Waals surface area contributed by atoms with Gasteiger partial charge in [0.05, 0.1) is 23.1 Å². The van der Waals surface area contributed by atoms with Gasteiger partial charge in [-0.15, -0.1) is 0 Å². The highest BCUT2D eigenvalue weighted by molar-refractivity contribution is 9.10. The molecule has 0 N–H and O–H groups in total. The summed E-state index contributed by atoms with van der Waals surface area (Å²) in [5.74, 6) is -0.223. The summed E-state index contributed by atoms with van der Waals surface area (Å²) in [5.41, 5.74) is 2.86. The van der Waals surface area contributed by atoms with Gasteiger partial charge in [-0.05, 0) is 53.5 Å². The zero-order valence-electron chi connectivity index (χ0n) is 19.3. The van der Waals surface area contributed by atoms with Crippen molar-refractivity contribution in [1.82, 2.24) is 4.90 Å². The average Bonchev–Trinajstić information content (AvgIpc) is 3.46. The van der Waals surface area contributed by atoms with Crippen molar-refractivity contribution in [3.05, 3.63) is 69.7 Å². The zero-order chi connectivity index (χ0) is 23.6. The van der Waals surface area contributed by atoms with Crippen molar-refractivity contribution in [3.8, 4) is 0 Å². The van der Waals surface area contributed by atoms with Crippen LogP contribution in [-0.4, -0.2) is 43.1 Å². The summed E-state index contributed by atoms with van der Waals surface area (Å²) in [4.78, 5) is 15.0. The van der Waals surface area contributed by atoms with Crippen molar-refractivity contribution in [3.63, 3.8) is 0 Å². The summed E-state index contributed by atoms with van der Waals surface area (Å²) in [5, 5.41) is 0. The number of rotatable bonds is 4. The van der Waals surface area contributed by atoms with E-state index in [-0.39, 0.29) is 28.9 Å². The fraction of sp³-hybridized carbons (Fsp3) is 0.500. The van der Waals surface area contributed by atoms with Crippen LogP contribution in [-0.2, 0) is 31.9 Å². The number of amides is 1. The van der Waals surface area contributed by atoms with Crippen molar-refractivity contribution >= 4 is 31.9 Å². The second-order valence-electron chi connectivity index (χ2n) is 10.8. The molecule has 33 heavy (non-hydrogen) atoms. The topological polar surface area (TPSA) is 63.7 Å². The molecule has 7 heteroatoms. The highest BCUT2D eigenvalue weighted by atomic mass is 79.9. The first-order chi connectivity index (χ1) is 15.5. The van der Waals surface area contributed by atoms with Gasteiger partial charge in [0, 0.05) is 10.4 Å². The molecule has 5 rings (SSSR count). The molecule has 2 saturated heterocycles. The average molecular weight is 533 g/mol. The third-order valence-electron chi connectivity index (χ3n) is 7.36. The summed E-state index contributed by atoms with van der Waals surface area (Å²) in [6, 6.07) is 15.9. The van der Waals surface area contributed by atoms with Gasteiger partial charge in [0.2, 0.25) is 0 Å². The van der Waals surface area contributed by atoms with Crippen LogP contribution in [0.2, 0.25) is 0 Å². The van der Waals surface area contributed by atoms with Crippen molar-refractivity contribution in [2.45, 2.75) is 63.1 Å². The first-order valence-electron chi connectivity index (χ1n) is 11.5. The Bertz CT molecular complexity index is 1180. The van der Waals surface area contributed by atoms with Gasteiger partial charge < -0.3 is 4.74 Å². The van der Waals surface area contributed by atoms with Gasteiger partial charge in [0.1, 0.15) is 6.10 Å². The minimum atomic E-state index is -3.30. The van der Waals surface area contributed by atoms with Crippen molar-refractivity contribution in [2.75, 3.05) is 11.5 Å². The van der Waals surface area contributed by atoms with Crippen LogP contribution in [0.3, 0.4) is 0 Å². The first kappa shape index (κ1) is 22.9. The number of carbonyl (C=O) groups is 1. The monoisotopic (exact) mass is 531 g/mol. The minimum absolute atomic E-state index is 0.00983. The molecule has 2 heterocycles. The van der Waals surface area contributed by atoms with E-state index in [1.165, 1.54) is 5.56 Å². The summed E-state index contributed by atoms with van der Waals surface area (Å²) >= 11 is 3.45. The van der Waals surface area contributed by atoms with Crippen molar-refractivity contribution < 1.29 is 17.9 Å². The maximum absolute atomic E-state index is 13.2. The van der Waals surface area contributed by atoms with E-state index in [1.807, 2.05) is 30.3 Å². The predicted molar refractivity (Wildman–Crippen MR) is 132 cm³/mol. The quantitative estimate of drug-likeness (QED) is 0.542. The number of carbonyl (C=O) groups excluding carboxylic acids is 1. The number of halogens is 1. The van der Waals surface area contributed by atoms with Gasteiger partial charge in [0.15, 0.2) is 9.84 Å². The van der Waals surface area contributed by atoms with Crippen LogP contribution in [0, 0.1) is 5.92 Å². The van der Waals surface area contributed by atoms with Gasteiger partial charge in [-0.3, -0.25) is 4.90 Å². The van der Waals surface area contributed by atoms with E-state index < -0.39 is 27.5 Å². The lowest BCUT2D eigenvalue weighted by Gasteiger charge is -2.37.